The van der Waals surface area contributed by atoms with Gasteiger partial charge in [0.2, 0.25) is 0 Å². The number of rotatable bonds is 18. The van der Waals surface area contributed by atoms with Gasteiger partial charge in [-0.25, -0.2) is 0 Å². The largest absolute Gasteiger partial charge is 0.493 e. The molecule has 0 radical (unpaired) electrons. The monoisotopic (exact) mass is 580 g/mol. The van der Waals surface area contributed by atoms with Crippen molar-refractivity contribution in [2.75, 3.05) is 27.4 Å². The lowest BCUT2D eigenvalue weighted by molar-refractivity contribution is 0.231. The Morgan fingerprint density at radius 1 is 0.683 bits per heavy atom. The summed E-state index contributed by atoms with van der Waals surface area (Å²) in [5.74, 6) is 4.50. The average Bonchev–Trinajstić information content (AvgIpc) is 3.32. The second-order valence-corrected chi connectivity index (χ2v) is 12.4. The van der Waals surface area contributed by atoms with Crippen molar-refractivity contribution in [3.63, 3.8) is 0 Å². The average molecular weight is 581 g/mol. The van der Waals surface area contributed by atoms with E-state index < -0.39 is 0 Å². The lowest BCUT2D eigenvalue weighted by atomic mass is 9.97. The van der Waals surface area contributed by atoms with Crippen molar-refractivity contribution in [1.29, 1.82) is 0 Å². The van der Waals surface area contributed by atoms with Gasteiger partial charge in [0.25, 0.3) is 0 Å². The van der Waals surface area contributed by atoms with Crippen molar-refractivity contribution in [2.45, 2.75) is 92.9 Å². The van der Waals surface area contributed by atoms with Crippen LogP contribution in [0.3, 0.4) is 0 Å². The van der Waals surface area contributed by atoms with Crippen LogP contribution in [0.25, 0.3) is 21.6 Å². The van der Waals surface area contributed by atoms with Gasteiger partial charge < -0.3 is 18.9 Å². The van der Waals surface area contributed by atoms with Gasteiger partial charge >= 0.3 is 0 Å². The Morgan fingerprint density at radius 3 is 1.73 bits per heavy atom. The maximum atomic E-state index is 6.63. The molecule has 41 heavy (non-hydrogen) atoms. The van der Waals surface area contributed by atoms with E-state index in [2.05, 4.69) is 77.9 Å². The van der Waals surface area contributed by atoms with Crippen LogP contribution in [-0.2, 0) is 0 Å². The van der Waals surface area contributed by atoms with E-state index in [9.17, 15) is 0 Å². The predicted octanol–water partition coefficient (Wildman–Crippen LogP) is 10.9. The molecule has 0 aliphatic rings. The molecule has 2 unspecified atom stereocenters. The zero-order valence-corrected chi connectivity index (χ0v) is 27.5. The zero-order chi connectivity index (χ0) is 29.8. The minimum absolute atomic E-state index is 0.545. The summed E-state index contributed by atoms with van der Waals surface area (Å²) in [6.45, 7) is 14.7. The van der Waals surface area contributed by atoms with Gasteiger partial charge in [0, 0.05) is 16.0 Å². The Bertz CT molecular complexity index is 1210. The van der Waals surface area contributed by atoms with Crippen LogP contribution >= 0.6 is 11.3 Å². The fourth-order valence-electron chi connectivity index (χ4n) is 5.32. The highest BCUT2D eigenvalue weighted by Crippen LogP contribution is 2.49. The minimum Gasteiger partial charge on any atom is -0.493 e. The summed E-state index contributed by atoms with van der Waals surface area (Å²) in [4.78, 5) is 2.16. The van der Waals surface area contributed by atoms with Gasteiger partial charge in [-0.15, -0.1) is 11.3 Å². The quantitative estimate of drug-likeness (QED) is 0.150. The Hall–Kier alpha value is -2.66. The molecular formula is C36H52O4S. The molecule has 0 amide bonds. The Balaban J connectivity index is 2.08. The first-order valence-corrected chi connectivity index (χ1v) is 16.4. The van der Waals surface area contributed by atoms with Crippen LogP contribution in [0.1, 0.15) is 89.5 Å². The van der Waals surface area contributed by atoms with Crippen LogP contribution in [0.5, 0.6) is 23.0 Å². The van der Waals surface area contributed by atoms with Gasteiger partial charge in [0.05, 0.1) is 32.3 Å². The van der Waals surface area contributed by atoms with Gasteiger partial charge in [0.1, 0.15) is 11.5 Å². The van der Waals surface area contributed by atoms with Crippen LogP contribution < -0.4 is 18.9 Å². The van der Waals surface area contributed by atoms with Crippen LogP contribution in [0.2, 0.25) is 0 Å². The second kappa shape index (κ2) is 16.7. The van der Waals surface area contributed by atoms with Crippen LogP contribution in [-0.4, -0.2) is 27.4 Å². The number of thiophene rings is 1. The van der Waals surface area contributed by atoms with Crippen LogP contribution in [0.4, 0.5) is 0 Å². The molecule has 5 heteroatoms. The highest BCUT2D eigenvalue weighted by Gasteiger charge is 2.22. The molecular weight excluding hydrogens is 528 g/mol. The zero-order valence-electron chi connectivity index (χ0n) is 26.7. The fraction of sp³-hybridized carbons (Fsp3) is 0.556. The van der Waals surface area contributed by atoms with Crippen molar-refractivity contribution in [3.05, 3.63) is 46.8 Å². The molecule has 4 nitrogen and oxygen atoms in total. The molecule has 0 aliphatic heterocycles. The standard InChI is InChI=1S/C36H52O4S/c1-9-13-15-27(11-3)23-39-32-19-17-25(5)21-30(32)31-22-29(36-35(38-8)34(37-7)26(6)41-36)18-20-33(31)40-24-28(12-4)16-14-10-2/h17-22,27-28H,9-16,23-24H2,1-8H3. The Kier molecular flexibility index (Phi) is 13.4. The summed E-state index contributed by atoms with van der Waals surface area (Å²) >= 11 is 1.69. The van der Waals surface area contributed by atoms with E-state index in [1.807, 2.05) is 0 Å². The molecule has 0 saturated heterocycles. The minimum atomic E-state index is 0.545. The smallest absolute Gasteiger partial charge is 0.179 e. The van der Waals surface area contributed by atoms with E-state index in [0.29, 0.717) is 11.8 Å². The SMILES string of the molecule is CCCCC(CC)COc1ccc(C)cc1-c1cc(-c2sc(C)c(OC)c2OC)ccc1OCC(CC)CCCC. The lowest BCUT2D eigenvalue weighted by Gasteiger charge is -2.21. The maximum absolute atomic E-state index is 6.63. The second-order valence-electron chi connectivity index (χ2n) is 11.2. The molecule has 2 atom stereocenters. The molecule has 226 valence electrons. The molecule has 3 aromatic rings. The highest BCUT2D eigenvalue weighted by atomic mass is 32.1. The first-order chi connectivity index (χ1) is 19.9. The number of unbranched alkanes of at least 4 members (excludes halogenated alkanes) is 2. The fourth-order valence-corrected chi connectivity index (χ4v) is 6.41. The molecule has 0 bridgehead atoms. The number of ether oxygens (including phenoxy) is 4. The molecule has 3 rings (SSSR count). The molecule has 0 saturated carbocycles. The summed E-state index contributed by atoms with van der Waals surface area (Å²) in [7, 11) is 3.41. The van der Waals surface area contributed by atoms with E-state index >= 15 is 0 Å². The Labute approximate surface area is 253 Å². The first kappa shape index (κ1) is 32.8. The van der Waals surface area contributed by atoms with Gasteiger partial charge in [-0.1, -0.05) is 77.8 Å². The molecule has 0 spiro atoms. The number of aryl methyl sites for hydroxylation is 2. The first-order valence-electron chi connectivity index (χ1n) is 15.6. The van der Waals surface area contributed by atoms with Crippen molar-refractivity contribution < 1.29 is 18.9 Å². The third kappa shape index (κ3) is 8.67. The summed E-state index contributed by atoms with van der Waals surface area (Å²) in [6.07, 6.45) is 9.54. The normalized spacial score (nSPS) is 12.7. The molecule has 2 aromatic carbocycles. The summed E-state index contributed by atoms with van der Waals surface area (Å²) in [5.41, 5.74) is 4.41. The van der Waals surface area contributed by atoms with E-state index in [1.54, 1.807) is 25.6 Å². The topological polar surface area (TPSA) is 36.9 Å². The van der Waals surface area contributed by atoms with E-state index in [-0.39, 0.29) is 0 Å². The molecule has 1 heterocycles. The summed E-state index contributed by atoms with van der Waals surface area (Å²) < 4.78 is 24.7. The number of methoxy groups -OCH3 is 2. The third-order valence-electron chi connectivity index (χ3n) is 8.10. The van der Waals surface area contributed by atoms with Crippen molar-refractivity contribution >= 4 is 11.3 Å². The van der Waals surface area contributed by atoms with Gasteiger partial charge in [-0.05, 0) is 74.4 Å². The van der Waals surface area contributed by atoms with E-state index in [1.165, 1.54) is 44.1 Å². The van der Waals surface area contributed by atoms with E-state index in [0.717, 1.165) is 75.5 Å². The Morgan fingerprint density at radius 2 is 1.22 bits per heavy atom. The van der Waals surface area contributed by atoms with Crippen molar-refractivity contribution in [2.24, 2.45) is 11.8 Å². The van der Waals surface area contributed by atoms with Gasteiger partial charge in [-0.3, -0.25) is 0 Å². The van der Waals surface area contributed by atoms with Gasteiger partial charge in [0.15, 0.2) is 11.5 Å². The molecule has 0 fully saturated rings. The molecule has 0 N–H and O–H groups in total. The van der Waals surface area contributed by atoms with Gasteiger partial charge in [-0.2, -0.15) is 0 Å². The number of hydrogen-bond donors (Lipinski definition) is 0. The van der Waals surface area contributed by atoms with Crippen LogP contribution in [0.15, 0.2) is 36.4 Å². The molecule has 1 aromatic heterocycles. The molecule has 0 aliphatic carbocycles. The maximum Gasteiger partial charge on any atom is 0.179 e. The number of benzene rings is 2. The van der Waals surface area contributed by atoms with Crippen LogP contribution in [0, 0.1) is 25.7 Å². The predicted molar refractivity (Wildman–Crippen MR) is 175 cm³/mol. The van der Waals surface area contributed by atoms with Crippen molar-refractivity contribution in [1.82, 2.24) is 0 Å². The highest BCUT2D eigenvalue weighted by molar-refractivity contribution is 7.16. The summed E-state index contributed by atoms with van der Waals surface area (Å²) in [6, 6.07) is 13.0. The van der Waals surface area contributed by atoms with E-state index in [4.69, 9.17) is 18.9 Å². The summed E-state index contributed by atoms with van der Waals surface area (Å²) in [5, 5.41) is 0. The number of hydrogen-bond acceptors (Lipinski definition) is 5. The van der Waals surface area contributed by atoms with Crippen molar-refractivity contribution in [3.8, 4) is 44.6 Å². The third-order valence-corrected chi connectivity index (χ3v) is 9.22. The lowest BCUT2D eigenvalue weighted by Crippen LogP contribution is -2.13.